The summed E-state index contributed by atoms with van der Waals surface area (Å²) >= 11 is 1.22. The molecule has 4 nitrogen and oxygen atoms in total. The van der Waals surface area contributed by atoms with E-state index in [0.29, 0.717) is 16.8 Å². The van der Waals surface area contributed by atoms with Gasteiger partial charge in [0, 0.05) is 11.2 Å². The average Bonchev–Trinajstić information content (AvgIpc) is 3.04. The number of halogens is 1. The van der Waals surface area contributed by atoms with Gasteiger partial charge in [-0.1, -0.05) is 11.6 Å². The molecule has 0 saturated carbocycles. The zero-order chi connectivity index (χ0) is 17.6. The van der Waals surface area contributed by atoms with Gasteiger partial charge in [0.2, 0.25) is 0 Å². The van der Waals surface area contributed by atoms with Crippen molar-refractivity contribution in [1.29, 1.82) is 0 Å². The summed E-state index contributed by atoms with van der Waals surface area (Å²) < 4.78 is 19.0. The van der Waals surface area contributed by atoms with Crippen molar-refractivity contribution < 1.29 is 18.7 Å². The molecule has 1 aromatic carbocycles. The maximum absolute atomic E-state index is 13.2. The molecule has 0 bridgehead atoms. The van der Waals surface area contributed by atoms with Crippen LogP contribution in [-0.2, 0) is 9.53 Å². The maximum Gasteiger partial charge on any atom is 0.348 e. The Labute approximate surface area is 149 Å². The first kappa shape index (κ1) is 17.6. The van der Waals surface area contributed by atoms with Crippen LogP contribution < -0.4 is 5.32 Å². The number of carbonyl (C=O) groups excluding carboxylic acids is 2. The van der Waals surface area contributed by atoms with Crippen molar-refractivity contribution in [1.82, 2.24) is 5.32 Å². The maximum atomic E-state index is 13.2. The van der Waals surface area contributed by atoms with Gasteiger partial charge in [-0.2, -0.15) is 0 Å². The molecule has 1 aliphatic carbocycles. The van der Waals surface area contributed by atoms with Crippen LogP contribution in [0.5, 0.6) is 0 Å². The fourth-order valence-corrected chi connectivity index (χ4v) is 3.80. The topological polar surface area (TPSA) is 55.4 Å². The van der Waals surface area contributed by atoms with Crippen LogP contribution in [0.1, 0.15) is 41.8 Å². The van der Waals surface area contributed by atoms with Gasteiger partial charge in [0.1, 0.15) is 10.7 Å². The van der Waals surface area contributed by atoms with E-state index < -0.39 is 5.97 Å². The highest BCUT2D eigenvalue weighted by Gasteiger charge is 2.14. The monoisotopic (exact) mass is 361 g/mol. The van der Waals surface area contributed by atoms with Gasteiger partial charge >= 0.3 is 5.97 Å². The first-order valence-corrected chi connectivity index (χ1v) is 9.24. The molecule has 1 aliphatic rings. The zero-order valence-electron chi connectivity index (χ0n) is 13.8. The molecule has 0 fully saturated rings. The Morgan fingerprint density at radius 3 is 2.92 bits per heavy atom. The molecule has 25 heavy (non-hydrogen) atoms. The van der Waals surface area contributed by atoms with Crippen molar-refractivity contribution in [2.75, 3.05) is 13.2 Å². The lowest BCUT2D eigenvalue weighted by Gasteiger charge is -2.12. The van der Waals surface area contributed by atoms with Crippen molar-refractivity contribution in [3.63, 3.8) is 0 Å². The highest BCUT2D eigenvalue weighted by Crippen LogP contribution is 2.26. The standard InChI is InChI=1S/C19H20FNO3S/c20-15-6-7-16-14(10-15)11-17(25-16)19(23)24-12-18(22)21-9-8-13-4-2-1-3-5-13/h4,6-7,10-11H,1-3,5,8-9,12H2,(H,21,22). The minimum atomic E-state index is -0.563. The highest BCUT2D eigenvalue weighted by molar-refractivity contribution is 7.20. The molecule has 0 radical (unpaired) electrons. The van der Waals surface area contributed by atoms with E-state index in [0.717, 1.165) is 24.0 Å². The highest BCUT2D eigenvalue weighted by atomic mass is 32.1. The van der Waals surface area contributed by atoms with E-state index in [9.17, 15) is 14.0 Å². The van der Waals surface area contributed by atoms with Crippen LogP contribution in [0.15, 0.2) is 35.9 Å². The number of nitrogens with one attached hydrogen (secondary N) is 1. The Morgan fingerprint density at radius 1 is 1.24 bits per heavy atom. The Morgan fingerprint density at radius 2 is 2.12 bits per heavy atom. The third kappa shape index (κ3) is 4.89. The molecule has 1 aromatic heterocycles. The molecule has 2 aromatic rings. The summed E-state index contributed by atoms with van der Waals surface area (Å²) in [5, 5.41) is 3.42. The van der Waals surface area contributed by atoms with Crippen molar-refractivity contribution in [2.24, 2.45) is 0 Å². The normalized spacial score (nSPS) is 14.2. The summed E-state index contributed by atoms with van der Waals surface area (Å²) in [5.74, 6) is -1.22. The number of fused-ring (bicyclic) bond motifs is 1. The summed E-state index contributed by atoms with van der Waals surface area (Å²) in [6.07, 6.45) is 7.80. The minimum absolute atomic E-state index is 0.305. The molecule has 6 heteroatoms. The van der Waals surface area contributed by atoms with Crippen LogP contribution in [0.4, 0.5) is 4.39 Å². The van der Waals surface area contributed by atoms with Gasteiger partial charge in [-0.15, -0.1) is 11.3 Å². The first-order valence-electron chi connectivity index (χ1n) is 8.42. The third-order valence-electron chi connectivity index (χ3n) is 4.17. The summed E-state index contributed by atoms with van der Waals surface area (Å²) in [6, 6.07) is 5.93. The van der Waals surface area contributed by atoms with Crippen molar-refractivity contribution >= 4 is 33.3 Å². The molecule has 132 valence electrons. The number of hydrogen-bond acceptors (Lipinski definition) is 4. The van der Waals surface area contributed by atoms with E-state index in [1.165, 1.54) is 41.9 Å². The second kappa shape index (κ2) is 8.25. The second-order valence-electron chi connectivity index (χ2n) is 6.08. The van der Waals surface area contributed by atoms with Crippen LogP contribution >= 0.6 is 11.3 Å². The van der Waals surface area contributed by atoms with Gasteiger partial charge in [0.05, 0.1) is 0 Å². The largest absolute Gasteiger partial charge is 0.451 e. The predicted molar refractivity (Wildman–Crippen MR) is 96.2 cm³/mol. The van der Waals surface area contributed by atoms with Crippen LogP contribution in [0.25, 0.3) is 10.1 Å². The fourth-order valence-electron chi connectivity index (χ4n) is 2.86. The molecule has 1 amide bonds. The molecular formula is C19H20FNO3S. The van der Waals surface area contributed by atoms with Gasteiger partial charge in [-0.05, 0) is 61.8 Å². The molecule has 0 saturated heterocycles. The van der Waals surface area contributed by atoms with Gasteiger partial charge in [0.15, 0.2) is 6.61 Å². The third-order valence-corrected chi connectivity index (χ3v) is 5.26. The van der Waals surface area contributed by atoms with E-state index in [1.807, 2.05) is 0 Å². The molecule has 1 heterocycles. The molecule has 1 N–H and O–H groups in total. The molecule has 0 spiro atoms. The molecule has 0 unspecified atom stereocenters. The SMILES string of the molecule is O=C(COC(=O)c1cc2cc(F)ccc2s1)NCCC1=CCCCC1. The van der Waals surface area contributed by atoms with Crippen LogP contribution in [0.3, 0.4) is 0 Å². The van der Waals surface area contributed by atoms with E-state index in [1.54, 1.807) is 12.1 Å². The lowest BCUT2D eigenvalue weighted by molar-refractivity contribution is -0.124. The van der Waals surface area contributed by atoms with E-state index in [-0.39, 0.29) is 18.3 Å². The Hall–Kier alpha value is -2.21. The van der Waals surface area contributed by atoms with E-state index in [2.05, 4.69) is 11.4 Å². The summed E-state index contributed by atoms with van der Waals surface area (Å²) in [7, 11) is 0. The minimum Gasteiger partial charge on any atom is -0.451 e. The van der Waals surface area contributed by atoms with Crippen LogP contribution in [-0.4, -0.2) is 25.0 Å². The summed E-state index contributed by atoms with van der Waals surface area (Å²) in [4.78, 5) is 24.2. The first-order chi connectivity index (χ1) is 12.1. The van der Waals surface area contributed by atoms with Gasteiger partial charge < -0.3 is 10.1 Å². The molecule has 0 atom stereocenters. The number of rotatable bonds is 6. The number of thiophene rings is 1. The number of allylic oxidation sites excluding steroid dienone is 1. The fraction of sp³-hybridized carbons (Fsp3) is 0.368. The van der Waals surface area contributed by atoms with Gasteiger partial charge in [-0.3, -0.25) is 4.79 Å². The predicted octanol–water partition coefficient (Wildman–Crippen LogP) is 4.20. The second-order valence-corrected chi connectivity index (χ2v) is 7.16. The quantitative estimate of drug-likeness (QED) is 0.620. The zero-order valence-corrected chi connectivity index (χ0v) is 14.7. The van der Waals surface area contributed by atoms with Crippen molar-refractivity contribution in [2.45, 2.75) is 32.1 Å². The Bertz CT molecular complexity index is 812. The smallest absolute Gasteiger partial charge is 0.348 e. The lowest BCUT2D eigenvalue weighted by atomic mass is 9.97. The number of esters is 1. The summed E-state index contributed by atoms with van der Waals surface area (Å²) in [6.45, 7) is 0.255. The van der Waals surface area contributed by atoms with Crippen LogP contribution in [0, 0.1) is 5.82 Å². The Balaban J connectivity index is 1.44. The molecule has 0 aliphatic heterocycles. The molecule has 3 rings (SSSR count). The number of ether oxygens (including phenoxy) is 1. The van der Waals surface area contributed by atoms with Gasteiger partial charge in [-0.25, -0.2) is 9.18 Å². The van der Waals surface area contributed by atoms with Crippen molar-refractivity contribution in [3.05, 3.63) is 46.6 Å². The van der Waals surface area contributed by atoms with Crippen LogP contribution in [0.2, 0.25) is 0 Å². The summed E-state index contributed by atoms with van der Waals surface area (Å²) in [5.41, 5.74) is 1.39. The number of benzene rings is 1. The number of hydrogen-bond donors (Lipinski definition) is 1. The average molecular weight is 361 g/mol. The lowest BCUT2D eigenvalue weighted by Crippen LogP contribution is -2.29. The number of carbonyl (C=O) groups is 2. The van der Waals surface area contributed by atoms with E-state index >= 15 is 0 Å². The Kier molecular flexibility index (Phi) is 5.81. The van der Waals surface area contributed by atoms with Gasteiger partial charge in [0.25, 0.3) is 5.91 Å². The van der Waals surface area contributed by atoms with Crippen molar-refractivity contribution in [3.8, 4) is 0 Å². The molecular weight excluding hydrogens is 341 g/mol. The van der Waals surface area contributed by atoms with E-state index in [4.69, 9.17) is 4.74 Å². The number of amides is 1.